The lowest BCUT2D eigenvalue weighted by molar-refractivity contribution is 0.0940. The molecule has 2 fully saturated rings. The molecule has 0 radical (unpaired) electrons. The van der Waals surface area contributed by atoms with E-state index in [1.54, 1.807) is 6.07 Å². The van der Waals surface area contributed by atoms with E-state index in [1.165, 1.54) is 19.3 Å². The van der Waals surface area contributed by atoms with Crippen LogP contribution in [0.1, 0.15) is 65.8 Å². The summed E-state index contributed by atoms with van der Waals surface area (Å²) < 4.78 is 5.23. The standard InChI is InChI=1S/C18H23N5O2/c1-12-9-17(23-7-3-2-4-8-23)21-16(20-12)11-19-18(24)14-10-15(25-22-14)13-5-6-13/h9-10,13H,2-8,11H2,1H3,(H,19,24). The van der Waals surface area contributed by atoms with E-state index >= 15 is 0 Å². The minimum absolute atomic E-state index is 0.250. The van der Waals surface area contributed by atoms with Crippen molar-refractivity contribution in [1.29, 1.82) is 0 Å². The van der Waals surface area contributed by atoms with Crippen LogP contribution in [0.5, 0.6) is 0 Å². The molecule has 25 heavy (non-hydrogen) atoms. The van der Waals surface area contributed by atoms with Gasteiger partial charge in [-0.3, -0.25) is 4.79 Å². The number of carbonyl (C=O) groups is 1. The van der Waals surface area contributed by atoms with Gasteiger partial charge < -0.3 is 14.7 Å². The zero-order valence-electron chi connectivity index (χ0n) is 14.5. The Hall–Kier alpha value is -2.44. The summed E-state index contributed by atoms with van der Waals surface area (Å²) in [5, 5.41) is 6.70. The molecular weight excluding hydrogens is 318 g/mol. The van der Waals surface area contributed by atoms with Crippen LogP contribution < -0.4 is 10.2 Å². The molecule has 1 aliphatic heterocycles. The largest absolute Gasteiger partial charge is 0.360 e. The highest BCUT2D eigenvalue weighted by atomic mass is 16.5. The first-order chi connectivity index (χ1) is 12.2. The van der Waals surface area contributed by atoms with E-state index < -0.39 is 0 Å². The van der Waals surface area contributed by atoms with E-state index in [-0.39, 0.29) is 12.5 Å². The Morgan fingerprint density at radius 3 is 2.80 bits per heavy atom. The molecular formula is C18H23N5O2. The number of aryl methyl sites for hydroxylation is 1. The molecule has 1 aliphatic carbocycles. The molecule has 2 aliphatic rings. The van der Waals surface area contributed by atoms with Crippen LogP contribution in [0.25, 0.3) is 0 Å². The summed E-state index contributed by atoms with van der Waals surface area (Å²) in [4.78, 5) is 23.6. The fourth-order valence-electron chi connectivity index (χ4n) is 3.18. The fourth-order valence-corrected chi connectivity index (χ4v) is 3.18. The Morgan fingerprint density at radius 1 is 1.24 bits per heavy atom. The molecule has 7 heteroatoms. The first-order valence-electron chi connectivity index (χ1n) is 9.03. The van der Waals surface area contributed by atoms with Crippen LogP contribution in [0, 0.1) is 6.92 Å². The molecule has 4 rings (SSSR count). The van der Waals surface area contributed by atoms with Crippen molar-refractivity contribution in [3.05, 3.63) is 35.1 Å². The summed E-state index contributed by atoms with van der Waals surface area (Å²) in [5.41, 5.74) is 1.24. The van der Waals surface area contributed by atoms with Crippen LogP contribution in [-0.4, -0.2) is 34.1 Å². The first kappa shape index (κ1) is 16.1. The van der Waals surface area contributed by atoms with Gasteiger partial charge in [0.2, 0.25) is 0 Å². The van der Waals surface area contributed by atoms with Gasteiger partial charge in [0.15, 0.2) is 5.69 Å². The van der Waals surface area contributed by atoms with Crippen LogP contribution in [-0.2, 0) is 6.54 Å². The highest BCUT2D eigenvalue weighted by Gasteiger charge is 2.28. The van der Waals surface area contributed by atoms with E-state index in [0.29, 0.717) is 17.4 Å². The topological polar surface area (TPSA) is 84.2 Å². The van der Waals surface area contributed by atoms with Gasteiger partial charge in [0.05, 0.1) is 6.54 Å². The van der Waals surface area contributed by atoms with Gasteiger partial charge in [0, 0.05) is 36.8 Å². The molecule has 3 heterocycles. The average Bonchev–Trinajstić information content (AvgIpc) is 3.37. The van der Waals surface area contributed by atoms with Gasteiger partial charge in [-0.1, -0.05) is 5.16 Å². The number of amides is 1. The van der Waals surface area contributed by atoms with Gasteiger partial charge in [-0.25, -0.2) is 9.97 Å². The third-order valence-electron chi connectivity index (χ3n) is 4.71. The van der Waals surface area contributed by atoms with Crippen LogP contribution in [0.15, 0.2) is 16.7 Å². The van der Waals surface area contributed by atoms with Crippen molar-refractivity contribution in [1.82, 2.24) is 20.4 Å². The summed E-state index contributed by atoms with van der Waals surface area (Å²) in [6, 6.07) is 3.75. The fraction of sp³-hybridized carbons (Fsp3) is 0.556. The van der Waals surface area contributed by atoms with Crippen molar-refractivity contribution >= 4 is 11.7 Å². The predicted octanol–water partition coefficient (Wildman–Crippen LogP) is 2.57. The number of piperidine rings is 1. The van der Waals surface area contributed by atoms with Gasteiger partial charge in [-0.05, 0) is 39.0 Å². The van der Waals surface area contributed by atoms with Crippen molar-refractivity contribution in [2.75, 3.05) is 18.0 Å². The molecule has 0 bridgehead atoms. The molecule has 0 spiro atoms. The van der Waals surface area contributed by atoms with Crippen LogP contribution in [0.2, 0.25) is 0 Å². The summed E-state index contributed by atoms with van der Waals surface area (Å²) in [7, 11) is 0. The van der Waals surface area contributed by atoms with Gasteiger partial charge in [0.25, 0.3) is 5.91 Å². The molecule has 132 valence electrons. The third kappa shape index (κ3) is 3.81. The number of aromatic nitrogens is 3. The van der Waals surface area contributed by atoms with E-state index in [0.717, 1.165) is 43.2 Å². The molecule has 1 N–H and O–H groups in total. The van der Waals surface area contributed by atoms with Crippen molar-refractivity contribution < 1.29 is 9.32 Å². The highest BCUT2D eigenvalue weighted by Crippen LogP contribution is 2.40. The quantitative estimate of drug-likeness (QED) is 0.900. The Bertz CT molecular complexity index is 763. The molecule has 2 aromatic heterocycles. The second-order valence-corrected chi connectivity index (χ2v) is 6.90. The predicted molar refractivity (Wildman–Crippen MR) is 92.5 cm³/mol. The summed E-state index contributed by atoms with van der Waals surface area (Å²) in [5.74, 6) is 2.58. The van der Waals surface area contributed by atoms with Crippen molar-refractivity contribution in [2.24, 2.45) is 0 Å². The molecule has 1 amide bonds. The molecule has 0 atom stereocenters. The lowest BCUT2D eigenvalue weighted by Crippen LogP contribution is -2.31. The van der Waals surface area contributed by atoms with E-state index in [9.17, 15) is 4.79 Å². The monoisotopic (exact) mass is 341 g/mol. The maximum atomic E-state index is 12.2. The molecule has 1 saturated heterocycles. The summed E-state index contributed by atoms with van der Waals surface area (Å²) in [6.07, 6.45) is 5.92. The molecule has 2 aromatic rings. The van der Waals surface area contributed by atoms with E-state index in [4.69, 9.17) is 4.52 Å². The number of rotatable bonds is 5. The molecule has 0 unspecified atom stereocenters. The number of carbonyl (C=O) groups excluding carboxylic acids is 1. The van der Waals surface area contributed by atoms with Crippen LogP contribution in [0.4, 0.5) is 5.82 Å². The second-order valence-electron chi connectivity index (χ2n) is 6.90. The zero-order chi connectivity index (χ0) is 17.2. The first-order valence-corrected chi connectivity index (χ1v) is 9.03. The number of nitrogens with one attached hydrogen (secondary N) is 1. The summed E-state index contributed by atoms with van der Waals surface area (Å²) >= 11 is 0. The smallest absolute Gasteiger partial charge is 0.273 e. The maximum Gasteiger partial charge on any atom is 0.273 e. The minimum atomic E-state index is -0.250. The Balaban J connectivity index is 1.41. The lowest BCUT2D eigenvalue weighted by Gasteiger charge is -2.28. The Morgan fingerprint density at radius 2 is 2.04 bits per heavy atom. The van der Waals surface area contributed by atoms with Crippen LogP contribution in [0.3, 0.4) is 0 Å². The minimum Gasteiger partial charge on any atom is -0.360 e. The van der Waals surface area contributed by atoms with Crippen molar-refractivity contribution in [3.8, 4) is 0 Å². The number of nitrogens with zero attached hydrogens (tertiary/aromatic N) is 4. The van der Waals surface area contributed by atoms with Crippen molar-refractivity contribution in [3.63, 3.8) is 0 Å². The SMILES string of the molecule is Cc1cc(N2CCCCC2)nc(CNC(=O)c2cc(C3CC3)on2)n1. The Kier molecular flexibility index (Phi) is 4.38. The van der Waals surface area contributed by atoms with Crippen molar-refractivity contribution in [2.45, 2.75) is 51.5 Å². The number of hydrogen-bond donors (Lipinski definition) is 1. The van der Waals surface area contributed by atoms with E-state index in [2.05, 4.69) is 25.3 Å². The lowest BCUT2D eigenvalue weighted by atomic mass is 10.1. The Labute approximate surface area is 146 Å². The number of anilines is 1. The maximum absolute atomic E-state index is 12.2. The molecule has 1 saturated carbocycles. The van der Waals surface area contributed by atoms with Crippen LogP contribution >= 0.6 is 0 Å². The highest BCUT2D eigenvalue weighted by molar-refractivity contribution is 5.92. The number of hydrogen-bond acceptors (Lipinski definition) is 6. The average molecular weight is 341 g/mol. The van der Waals surface area contributed by atoms with Gasteiger partial charge >= 0.3 is 0 Å². The van der Waals surface area contributed by atoms with Gasteiger partial charge in [0.1, 0.15) is 17.4 Å². The molecule has 7 nitrogen and oxygen atoms in total. The third-order valence-corrected chi connectivity index (χ3v) is 4.71. The second kappa shape index (κ2) is 6.82. The van der Waals surface area contributed by atoms with E-state index in [1.807, 2.05) is 13.0 Å². The normalized spacial score (nSPS) is 17.6. The molecule has 0 aromatic carbocycles. The van der Waals surface area contributed by atoms with Gasteiger partial charge in [-0.15, -0.1) is 0 Å². The summed E-state index contributed by atoms with van der Waals surface area (Å²) in [6.45, 7) is 4.31. The van der Waals surface area contributed by atoms with Gasteiger partial charge in [-0.2, -0.15) is 0 Å². The zero-order valence-corrected chi connectivity index (χ0v) is 14.5.